The van der Waals surface area contributed by atoms with Gasteiger partial charge in [-0.05, 0) is 62.1 Å². The third-order valence-electron chi connectivity index (χ3n) is 6.25. The summed E-state index contributed by atoms with van der Waals surface area (Å²) in [7, 11) is 1.66. The monoisotopic (exact) mass is 473 g/mol. The first kappa shape index (κ1) is 24.0. The molecule has 0 aliphatic carbocycles. The topological polar surface area (TPSA) is 121 Å². The Bertz CT molecular complexity index is 1160. The van der Waals surface area contributed by atoms with E-state index in [9.17, 15) is 10.1 Å². The van der Waals surface area contributed by atoms with Crippen LogP contribution in [0.4, 0.5) is 16.3 Å². The van der Waals surface area contributed by atoms with Gasteiger partial charge in [-0.2, -0.15) is 10.4 Å². The number of aromatic nitrogens is 2. The summed E-state index contributed by atoms with van der Waals surface area (Å²) in [4.78, 5) is 14.7. The third kappa shape index (κ3) is 5.84. The van der Waals surface area contributed by atoms with E-state index in [1.54, 1.807) is 11.8 Å². The quantitative estimate of drug-likeness (QED) is 0.432. The molecule has 0 radical (unpaired) electrons. The highest BCUT2D eigenvalue weighted by molar-refractivity contribution is 5.74. The molecule has 2 amide bonds. The summed E-state index contributed by atoms with van der Waals surface area (Å²) in [5.74, 6) is 1.18. The molecule has 35 heavy (non-hydrogen) atoms. The van der Waals surface area contributed by atoms with Gasteiger partial charge in [0.1, 0.15) is 23.2 Å². The summed E-state index contributed by atoms with van der Waals surface area (Å²) in [5.41, 5.74) is 9.16. The van der Waals surface area contributed by atoms with Crippen molar-refractivity contribution in [2.75, 3.05) is 37.4 Å². The second-order valence-corrected chi connectivity index (χ2v) is 8.53. The molecule has 1 aliphatic rings. The van der Waals surface area contributed by atoms with Gasteiger partial charge >= 0.3 is 6.03 Å². The van der Waals surface area contributed by atoms with Crippen LogP contribution in [0.3, 0.4) is 0 Å². The predicted molar refractivity (Wildman–Crippen MR) is 136 cm³/mol. The van der Waals surface area contributed by atoms with Crippen LogP contribution in [0.15, 0.2) is 54.6 Å². The standard InChI is InChI=1S/C26H31N7O2/c1-35-22-11-9-20(10-12-22)32-16-13-19(14-17-32)30-26(34)29-15-5-8-24-23(18-27)25(28)33(31-24)21-6-3-2-4-7-21/h2-4,6-7,9-12,19H,5,8,13-17,28H2,1H3,(H2,29,30,34). The molecular weight excluding hydrogens is 442 g/mol. The van der Waals surface area contributed by atoms with Crippen LogP contribution in [0.5, 0.6) is 5.75 Å². The SMILES string of the molecule is COc1ccc(N2CCC(NC(=O)NCCCc3nn(-c4ccccc4)c(N)c3C#N)CC2)cc1. The number of piperidine rings is 1. The van der Waals surface area contributed by atoms with Gasteiger partial charge in [-0.25, -0.2) is 9.48 Å². The lowest BCUT2D eigenvalue weighted by Crippen LogP contribution is -2.48. The van der Waals surface area contributed by atoms with Gasteiger partial charge in [0, 0.05) is 31.4 Å². The van der Waals surface area contributed by atoms with Crippen molar-refractivity contribution in [2.24, 2.45) is 0 Å². The minimum Gasteiger partial charge on any atom is -0.497 e. The average molecular weight is 474 g/mol. The van der Waals surface area contributed by atoms with E-state index in [1.165, 1.54) is 5.69 Å². The van der Waals surface area contributed by atoms with Crippen LogP contribution in [-0.4, -0.2) is 48.6 Å². The molecule has 9 nitrogen and oxygen atoms in total. The maximum Gasteiger partial charge on any atom is 0.315 e. The molecular formula is C26H31N7O2. The van der Waals surface area contributed by atoms with Crippen molar-refractivity contribution in [3.8, 4) is 17.5 Å². The predicted octanol–water partition coefficient (Wildman–Crippen LogP) is 3.24. The number of amides is 2. The molecule has 3 aromatic rings. The van der Waals surface area contributed by atoms with Gasteiger partial charge in [-0.3, -0.25) is 0 Å². The molecule has 0 atom stereocenters. The molecule has 0 unspecified atom stereocenters. The lowest BCUT2D eigenvalue weighted by molar-refractivity contribution is 0.234. The Kier molecular flexibility index (Phi) is 7.73. The smallest absolute Gasteiger partial charge is 0.315 e. The van der Waals surface area contributed by atoms with Gasteiger partial charge in [0.25, 0.3) is 0 Å². The molecule has 0 saturated carbocycles. The van der Waals surface area contributed by atoms with Gasteiger partial charge in [-0.15, -0.1) is 0 Å². The number of ether oxygens (including phenoxy) is 1. The Balaban J connectivity index is 1.20. The van der Waals surface area contributed by atoms with Crippen LogP contribution in [-0.2, 0) is 6.42 Å². The van der Waals surface area contributed by atoms with Gasteiger partial charge in [0.05, 0.1) is 18.5 Å². The summed E-state index contributed by atoms with van der Waals surface area (Å²) < 4.78 is 6.81. The van der Waals surface area contributed by atoms with Crippen molar-refractivity contribution in [2.45, 2.75) is 31.7 Å². The normalized spacial score (nSPS) is 13.8. The van der Waals surface area contributed by atoms with Crippen LogP contribution in [0, 0.1) is 11.3 Å². The number of nitrogen functional groups attached to an aromatic ring is 1. The fraction of sp³-hybridized carbons (Fsp3) is 0.346. The van der Waals surface area contributed by atoms with Crippen molar-refractivity contribution in [3.05, 3.63) is 65.9 Å². The molecule has 4 rings (SSSR count). The van der Waals surface area contributed by atoms with Crippen molar-refractivity contribution < 1.29 is 9.53 Å². The van der Waals surface area contributed by atoms with E-state index in [0.29, 0.717) is 36.5 Å². The number of hydrogen-bond donors (Lipinski definition) is 3. The molecule has 1 aromatic heterocycles. The largest absolute Gasteiger partial charge is 0.497 e. The zero-order chi connectivity index (χ0) is 24.6. The number of anilines is 2. The van der Waals surface area contributed by atoms with Gasteiger partial charge in [0.2, 0.25) is 0 Å². The first-order valence-corrected chi connectivity index (χ1v) is 11.8. The van der Waals surface area contributed by atoms with E-state index in [2.05, 4.69) is 38.8 Å². The maximum absolute atomic E-state index is 12.4. The number of nitrogens with one attached hydrogen (secondary N) is 2. The van der Waals surface area contributed by atoms with E-state index < -0.39 is 0 Å². The molecule has 9 heteroatoms. The van der Waals surface area contributed by atoms with Crippen molar-refractivity contribution in [1.82, 2.24) is 20.4 Å². The molecule has 0 bridgehead atoms. The van der Waals surface area contributed by atoms with Crippen LogP contribution in [0.1, 0.15) is 30.5 Å². The van der Waals surface area contributed by atoms with E-state index in [1.807, 2.05) is 42.5 Å². The Morgan fingerprint density at radius 2 is 1.86 bits per heavy atom. The van der Waals surface area contributed by atoms with Gasteiger partial charge < -0.3 is 26.0 Å². The number of carbonyl (C=O) groups is 1. The maximum atomic E-state index is 12.4. The summed E-state index contributed by atoms with van der Waals surface area (Å²) in [6, 6.07) is 19.7. The van der Waals surface area contributed by atoms with Crippen molar-refractivity contribution in [3.63, 3.8) is 0 Å². The highest BCUT2D eigenvalue weighted by Crippen LogP contribution is 2.23. The molecule has 0 spiro atoms. The first-order valence-electron chi connectivity index (χ1n) is 11.8. The summed E-state index contributed by atoms with van der Waals surface area (Å²) in [6.07, 6.45) is 2.99. The number of para-hydroxylation sites is 1. The zero-order valence-electron chi connectivity index (χ0n) is 19.9. The van der Waals surface area contributed by atoms with E-state index in [0.717, 1.165) is 37.4 Å². The Morgan fingerprint density at radius 3 is 2.51 bits per heavy atom. The van der Waals surface area contributed by atoms with Crippen LogP contribution in [0.25, 0.3) is 5.69 Å². The van der Waals surface area contributed by atoms with Crippen LogP contribution >= 0.6 is 0 Å². The molecule has 2 heterocycles. The third-order valence-corrected chi connectivity index (χ3v) is 6.25. The Hall–Kier alpha value is -4.19. The molecule has 1 aliphatic heterocycles. The minimum absolute atomic E-state index is 0.149. The fourth-order valence-corrected chi connectivity index (χ4v) is 4.31. The number of benzene rings is 2. The van der Waals surface area contributed by atoms with E-state index >= 15 is 0 Å². The van der Waals surface area contributed by atoms with Crippen molar-refractivity contribution >= 4 is 17.5 Å². The second-order valence-electron chi connectivity index (χ2n) is 8.53. The summed E-state index contributed by atoms with van der Waals surface area (Å²) in [6.45, 7) is 2.26. The number of nitrogens with two attached hydrogens (primary N) is 1. The molecule has 1 saturated heterocycles. The zero-order valence-corrected chi connectivity index (χ0v) is 19.9. The molecule has 182 valence electrons. The second kappa shape index (κ2) is 11.3. The number of nitriles is 1. The first-order chi connectivity index (χ1) is 17.1. The van der Waals surface area contributed by atoms with Crippen LogP contribution in [0.2, 0.25) is 0 Å². The number of nitrogens with zero attached hydrogens (tertiary/aromatic N) is 4. The number of hydrogen-bond acceptors (Lipinski definition) is 6. The Morgan fingerprint density at radius 1 is 1.14 bits per heavy atom. The summed E-state index contributed by atoms with van der Waals surface area (Å²) in [5, 5.41) is 20.1. The lowest BCUT2D eigenvalue weighted by atomic mass is 10.0. The lowest BCUT2D eigenvalue weighted by Gasteiger charge is -2.34. The molecule has 4 N–H and O–H groups in total. The summed E-state index contributed by atoms with van der Waals surface area (Å²) >= 11 is 0. The highest BCUT2D eigenvalue weighted by atomic mass is 16.5. The molecule has 2 aromatic carbocycles. The fourth-order valence-electron chi connectivity index (χ4n) is 4.31. The number of carbonyl (C=O) groups excluding carboxylic acids is 1. The number of aryl methyl sites for hydroxylation is 1. The van der Waals surface area contributed by atoms with E-state index in [4.69, 9.17) is 10.5 Å². The van der Waals surface area contributed by atoms with Gasteiger partial charge in [-0.1, -0.05) is 18.2 Å². The van der Waals surface area contributed by atoms with E-state index in [-0.39, 0.29) is 12.1 Å². The highest BCUT2D eigenvalue weighted by Gasteiger charge is 2.21. The molecule has 1 fully saturated rings. The number of methoxy groups -OCH3 is 1. The van der Waals surface area contributed by atoms with Crippen molar-refractivity contribution in [1.29, 1.82) is 5.26 Å². The number of urea groups is 1. The Labute approximate surface area is 205 Å². The number of rotatable bonds is 8. The van der Waals surface area contributed by atoms with Gasteiger partial charge in [0.15, 0.2) is 0 Å². The van der Waals surface area contributed by atoms with Crippen LogP contribution < -0.4 is 26.0 Å². The minimum atomic E-state index is -0.164. The average Bonchev–Trinajstić information content (AvgIpc) is 3.22.